The summed E-state index contributed by atoms with van der Waals surface area (Å²) in [6.45, 7) is 1.01. The maximum Gasteiger partial charge on any atom is 0.305 e. The number of nitrogens with zero attached hydrogens (tertiary/aromatic N) is 1. The number of hydrogen-bond donors (Lipinski definition) is 1. The zero-order chi connectivity index (χ0) is 14.7. The second kappa shape index (κ2) is 6.56. The molecule has 7 heteroatoms. The van der Waals surface area contributed by atoms with E-state index in [1.54, 1.807) is 18.2 Å². The smallest absolute Gasteiger partial charge is 0.305 e. The number of hydrogen-bond acceptors (Lipinski definition) is 3. The summed E-state index contributed by atoms with van der Waals surface area (Å²) in [6.07, 6.45) is -0.135. The Labute approximate surface area is 129 Å². The lowest BCUT2D eigenvalue weighted by molar-refractivity contribution is -0.139. The van der Waals surface area contributed by atoms with Crippen molar-refractivity contribution in [2.45, 2.75) is 12.5 Å². The second-order valence-corrected chi connectivity index (χ2v) is 5.74. The van der Waals surface area contributed by atoms with Crippen molar-refractivity contribution in [1.82, 2.24) is 4.90 Å². The van der Waals surface area contributed by atoms with E-state index in [2.05, 4.69) is 15.9 Å². The van der Waals surface area contributed by atoms with Gasteiger partial charge in [0.15, 0.2) is 0 Å². The minimum atomic E-state index is -0.955. The van der Waals surface area contributed by atoms with E-state index in [1.807, 2.05) is 0 Å². The maximum absolute atomic E-state index is 12.6. The molecule has 0 spiro atoms. The lowest BCUT2D eigenvalue weighted by atomic mass is 10.1. The van der Waals surface area contributed by atoms with E-state index in [-0.39, 0.29) is 18.9 Å². The lowest BCUT2D eigenvalue weighted by Crippen LogP contribution is -2.49. The van der Waals surface area contributed by atoms with Crippen molar-refractivity contribution < 1.29 is 19.4 Å². The molecule has 1 N–H and O–H groups in total. The van der Waals surface area contributed by atoms with Crippen LogP contribution in [0.4, 0.5) is 0 Å². The predicted octanol–water partition coefficient (Wildman–Crippen LogP) is 2.42. The summed E-state index contributed by atoms with van der Waals surface area (Å²) >= 11 is 9.22. The number of halogens is 2. The van der Waals surface area contributed by atoms with Gasteiger partial charge in [-0.25, -0.2) is 0 Å². The maximum atomic E-state index is 12.6. The van der Waals surface area contributed by atoms with Crippen LogP contribution in [0.1, 0.15) is 16.8 Å². The number of carboxylic acid groups (broad SMARTS) is 1. The van der Waals surface area contributed by atoms with Gasteiger partial charge in [-0.2, -0.15) is 0 Å². The third-order valence-electron chi connectivity index (χ3n) is 3.06. The fraction of sp³-hybridized carbons (Fsp3) is 0.385. The van der Waals surface area contributed by atoms with E-state index in [4.69, 9.17) is 21.4 Å². The molecule has 1 aliphatic rings. The molecule has 2 rings (SSSR count). The summed E-state index contributed by atoms with van der Waals surface area (Å²) in [7, 11) is 0. The van der Waals surface area contributed by atoms with Crippen molar-refractivity contribution >= 4 is 39.4 Å². The van der Waals surface area contributed by atoms with Crippen LogP contribution in [0.2, 0.25) is 5.02 Å². The fourth-order valence-corrected chi connectivity index (χ4v) is 2.70. The molecule has 0 bridgehead atoms. The zero-order valence-corrected chi connectivity index (χ0v) is 12.9. The summed E-state index contributed by atoms with van der Waals surface area (Å²) in [5.41, 5.74) is 0.426. The first-order chi connectivity index (χ1) is 9.49. The number of benzene rings is 1. The summed E-state index contributed by atoms with van der Waals surface area (Å²) in [6, 6.07) is 4.49. The average Bonchev–Trinajstić information content (AvgIpc) is 2.41. The minimum Gasteiger partial charge on any atom is -0.481 e. The third kappa shape index (κ3) is 3.50. The molecule has 108 valence electrons. The minimum absolute atomic E-state index is 0.135. The van der Waals surface area contributed by atoms with Crippen molar-refractivity contribution in [3.63, 3.8) is 0 Å². The molecule has 1 atom stereocenters. The number of morpholine rings is 1. The predicted molar refractivity (Wildman–Crippen MR) is 77.0 cm³/mol. The highest BCUT2D eigenvalue weighted by Crippen LogP contribution is 2.24. The van der Waals surface area contributed by atoms with Gasteiger partial charge in [0, 0.05) is 16.0 Å². The number of carbonyl (C=O) groups is 2. The van der Waals surface area contributed by atoms with Crippen LogP contribution in [0.25, 0.3) is 0 Å². The number of rotatable bonds is 3. The Morgan fingerprint density at radius 3 is 2.95 bits per heavy atom. The molecule has 1 saturated heterocycles. The Morgan fingerprint density at radius 1 is 1.50 bits per heavy atom. The first-order valence-electron chi connectivity index (χ1n) is 6.04. The number of amides is 1. The summed E-state index contributed by atoms with van der Waals surface area (Å²) in [5.74, 6) is -1.20. The highest BCUT2D eigenvalue weighted by atomic mass is 79.9. The van der Waals surface area contributed by atoms with Gasteiger partial charge in [-0.15, -0.1) is 0 Å². The van der Waals surface area contributed by atoms with Gasteiger partial charge >= 0.3 is 5.97 Å². The molecule has 1 aromatic carbocycles. The molecule has 1 unspecified atom stereocenters. The van der Waals surface area contributed by atoms with E-state index < -0.39 is 12.0 Å². The molecule has 1 aliphatic heterocycles. The van der Waals surface area contributed by atoms with Gasteiger partial charge < -0.3 is 14.7 Å². The van der Waals surface area contributed by atoms with Crippen LogP contribution in [0.15, 0.2) is 22.7 Å². The molecule has 20 heavy (non-hydrogen) atoms. The summed E-state index contributed by atoms with van der Waals surface area (Å²) in [4.78, 5) is 25.0. The molecule has 0 aromatic heterocycles. The standard InChI is InChI=1S/C13H13BrClNO4/c14-11-2-1-8(15)5-10(11)13(19)16-3-4-20-7-9(16)6-12(17)18/h1-2,5,9H,3-4,6-7H2,(H,17,18). The highest BCUT2D eigenvalue weighted by molar-refractivity contribution is 9.10. The molecule has 1 heterocycles. The molecular formula is C13H13BrClNO4. The molecule has 1 fully saturated rings. The van der Waals surface area contributed by atoms with E-state index in [0.29, 0.717) is 28.2 Å². The Kier molecular flexibility index (Phi) is 5.01. The number of carboxylic acids is 1. The van der Waals surface area contributed by atoms with Crippen LogP contribution < -0.4 is 0 Å². The van der Waals surface area contributed by atoms with Crippen molar-refractivity contribution in [3.05, 3.63) is 33.3 Å². The van der Waals surface area contributed by atoms with Gasteiger partial charge in [-0.05, 0) is 34.1 Å². The molecule has 5 nitrogen and oxygen atoms in total. The quantitative estimate of drug-likeness (QED) is 0.897. The number of ether oxygens (including phenoxy) is 1. The van der Waals surface area contributed by atoms with Gasteiger partial charge in [0.1, 0.15) is 0 Å². The fourth-order valence-electron chi connectivity index (χ4n) is 2.11. The molecule has 1 amide bonds. The van der Waals surface area contributed by atoms with Crippen LogP contribution in [-0.4, -0.2) is 47.7 Å². The third-order valence-corrected chi connectivity index (χ3v) is 3.98. The Morgan fingerprint density at radius 2 is 2.25 bits per heavy atom. The van der Waals surface area contributed by atoms with Crippen LogP contribution in [-0.2, 0) is 9.53 Å². The van der Waals surface area contributed by atoms with E-state index in [1.165, 1.54) is 4.90 Å². The van der Waals surface area contributed by atoms with Gasteiger partial charge in [-0.1, -0.05) is 11.6 Å². The van der Waals surface area contributed by atoms with Crippen molar-refractivity contribution in [1.29, 1.82) is 0 Å². The Bertz CT molecular complexity index is 537. The van der Waals surface area contributed by atoms with E-state index in [0.717, 1.165) is 0 Å². The normalized spacial score (nSPS) is 18.9. The Balaban J connectivity index is 2.25. The monoisotopic (exact) mass is 361 g/mol. The molecule has 0 saturated carbocycles. The van der Waals surface area contributed by atoms with Gasteiger partial charge in [0.25, 0.3) is 5.91 Å². The lowest BCUT2D eigenvalue weighted by Gasteiger charge is -2.35. The van der Waals surface area contributed by atoms with Crippen molar-refractivity contribution in [2.75, 3.05) is 19.8 Å². The number of aliphatic carboxylic acids is 1. The average molecular weight is 363 g/mol. The van der Waals surface area contributed by atoms with Crippen molar-refractivity contribution in [3.8, 4) is 0 Å². The Hall–Kier alpha value is -1.11. The van der Waals surface area contributed by atoms with Gasteiger partial charge in [0.05, 0.1) is 31.2 Å². The zero-order valence-electron chi connectivity index (χ0n) is 10.5. The van der Waals surface area contributed by atoms with Crippen LogP contribution in [0, 0.1) is 0 Å². The highest BCUT2D eigenvalue weighted by Gasteiger charge is 2.30. The molecule has 0 radical (unpaired) electrons. The largest absolute Gasteiger partial charge is 0.481 e. The topological polar surface area (TPSA) is 66.8 Å². The molecule has 1 aromatic rings. The summed E-state index contributed by atoms with van der Waals surface area (Å²) in [5, 5.41) is 9.37. The second-order valence-electron chi connectivity index (χ2n) is 4.45. The van der Waals surface area contributed by atoms with Crippen LogP contribution >= 0.6 is 27.5 Å². The first-order valence-corrected chi connectivity index (χ1v) is 7.21. The summed E-state index contributed by atoms with van der Waals surface area (Å²) < 4.78 is 5.89. The van der Waals surface area contributed by atoms with Crippen molar-refractivity contribution in [2.24, 2.45) is 0 Å². The molecular weight excluding hydrogens is 350 g/mol. The molecule has 0 aliphatic carbocycles. The van der Waals surface area contributed by atoms with E-state index in [9.17, 15) is 9.59 Å². The van der Waals surface area contributed by atoms with Gasteiger partial charge in [0.2, 0.25) is 0 Å². The van der Waals surface area contributed by atoms with Crippen LogP contribution in [0.5, 0.6) is 0 Å². The first kappa shape index (κ1) is 15.3. The van der Waals surface area contributed by atoms with Gasteiger partial charge in [-0.3, -0.25) is 9.59 Å². The van der Waals surface area contributed by atoms with Crippen LogP contribution in [0.3, 0.4) is 0 Å². The SMILES string of the molecule is O=C(O)CC1COCCN1C(=O)c1cc(Cl)ccc1Br. The van der Waals surface area contributed by atoms with E-state index >= 15 is 0 Å². The number of carbonyl (C=O) groups excluding carboxylic acids is 1.